The lowest BCUT2D eigenvalue weighted by molar-refractivity contribution is -0.0495. The first-order valence-corrected chi connectivity index (χ1v) is 15.7. The van der Waals surface area contributed by atoms with Gasteiger partial charge in [0.05, 0.1) is 11.1 Å². The SMILES string of the molecule is CC.C\C=C(/C=C\C(CCC)=C(\C)CC)CC.Cc1cc(-c2c(F)cccc2OC(F)F)c(C(=O)Nc2nnc(C)s2)cn1. The Morgan fingerprint density at radius 3 is 2.34 bits per heavy atom. The molecule has 0 aliphatic carbocycles. The number of hydrogen-bond acceptors (Lipinski definition) is 6. The third-order valence-electron chi connectivity index (χ3n) is 6.37. The van der Waals surface area contributed by atoms with Crippen LogP contribution in [0, 0.1) is 19.7 Å². The van der Waals surface area contributed by atoms with E-state index in [1.165, 1.54) is 54.0 Å². The maximum absolute atomic E-state index is 14.5. The minimum Gasteiger partial charge on any atom is -0.434 e. The molecule has 0 bridgehead atoms. The van der Waals surface area contributed by atoms with Crippen molar-refractivity contribution in [2.45, 2.75) is 94.6 Å². The van der Waals surface area contributed by atoms with Gasteiger partial charge in [0.2, 0.25) is 5.13 Å². The molecule has 0 unspecified atom stereocenters. The van der Waals surface area contributed by atoms with Crippen molar-refractivity contribution in [3.05, 3.63) is 87.5 Å². The zero-order valence-corrected chi connectivity index (χ0v) is 28.0. The molecule has 3 rings (SSSR count). The topological polar surface area (TPSA) is 77.0 Å². The second kappa shape index (κ2) is 20.2. The van der Waals surface area contributed by atoms with Gasteiger partial charge in [0.25, 0.3) is 5.91 Å². The molecule has 0 saturated carbocycles. The average Bonchev–Trinajstić information content (AvgIpc) is 3.41. The number of allylic oxidation sites excluding steroid dienone is 6. The van der Waals surface area contributed by atoms with E-state index >= 15 is 0 Å². The van der Waals surface area contributed by atoms with Gasteiger partial charge in [-0.05, 0) is 70.7 Å². The maximum atomic E-state index is 14.5. The number of hydrogen-bond donors (Lipinski definition) is 1. The summed E-state index contributed by atoms with van der Waals surface area (Å²) in [5.41, 5.74) is 4.76. The normalized spacial score (nSPS) is 11.8. The van der Waals surface area contributed by atoms with Crippen LogP contribution in [0.15, 0.2) is 65.4 Å². The van der Waals surface area contributed by atoms with E-state index in [0.29, 0.717) is 10.7 Å². The summed E-state index contributed by atoms with van der Waals surface area (Å²) in [6.45, 7) is 15.2. The van der Waals surface area contributed by atoms with E-state index < -0.39 is 18.3 Å². The van der Waals surface area contributed by atoms with Crippen molar-refractivity contribution in [1.82, 2.24) is 15.2 Å². The zero-order chi connectivity index (χ0) is 33.2. The molecule has 6 nitrogen and oxygen atoms in total. The van der Waals surface area contributed by atoms with Gasteiger partial charge in [-0.15, -0.1) is 10.2 Å². The number of aryl methyl sites for hydroxylation is 2. The van der Waals surface area contributed by atoms with Crippen LogP contribution in [0.4, 0.5) is 18.3 Å². The highest BCUT2D eigenvalue weighted by atomic mass is 32.1. The monoisotopic (exact) mass is 630 g/mol. The number of ether oxygens (including phenoxy) is 1. The Hall–Kier alpha value is -3.79. The molecule has 1 amide bonds. The third kappa shape index (κ3) is 12.1. The van der Waals surface area contributed by atoms with Gasteiger partial charge in [0, 0.05) is 17.5 Å². The molecule has 0 aliphatic heterocycles. The fraction of sp³-hybridized carbons (Fsp3) is 0.412. The average molecular weight is 631 g/mol. The summed E-state index contributed by atoms with van der Waals surface area (Å²) in [4.78, 5) is 16.7. The zero-order valence-electron chi connectivity index (χ0n) is 27.2. The molecule has 0 saturated heterocycles. The second-order valence-electron chi connectivity index (χ2n) is 9.40. The highest BCUT2D eigenvalue weighted by Crippen LogP contribution is 2.36. The minimum absolute atomic E-state index is 0.0160. The Labute approximate surface area is 264 Å². The first-order chi connectivity index (χ1) is 21.0. The van der Waals surface area contributed by atoms with E-state index in [2.05, 4.69) is 78.1 Å². The molecule has 240 valence electrons. The number of nitrogens with one attached hydrogen (secondary N) is 1. The molecule has 44 heavy (non-hydrogen) atoms. The molecule has 2 heterocycles. The highest BCUT2D eigenvalue weighted by molar-refractivity contribution is 7.15. The highest BCUT2D eigenvalue weighted by Gasteiger charge is 2.22. The Bertz CT molecular complexity index is 1430. The number of alkyl halides is 2. The number of amides is 1. The van der Waals surface area contributed by atoms with Crippen molar-refractivity contribution < 1.29 is 22.7 Å². The van der Waals surface area contributed by atoms with Crippen molar-refractivity contribution in [1.29, 1.82) is 0 Å². The van der Waals surface area contributed by atoms with Crippen molar-refractivity contribution in [3.63, 3.8) is 0 Å². The molecule has 0 fully saturated rings. The number of anilines is 1. The van der Waals surface area contributed by atoms with Crippen molar-refractivity contribution in [3.8, 4) is 16.9 Å². The summed E-state index contributed by atoms with van der Waals surface area (Å²) in [7, 11) is 0. The summed E-state index contributed by atoms with van der Waals surface area (Å²) in [6, 6.07) is 4.97. The van der Waals surface area contributed by atoms with E-state index in [-0.39, 0.29) is 27.6 Å². The molecule has 3 aromatic rings. The van der Waals surface area contributed by atoms with E-state index in [4.69, 9.17) is 0 Å². The lowest BCUT2D eigenvalue weighted by atomic mass is 9.98. The smallest absolute Gasteiger partial charge is 0.387 e. The van der Waals surface area contributed by atoms with Crippen LogP contribution in [0.1, 0.15) is 95.2 Å². The van der Waals surface area contributed by atoms with Crippen LogP contribution in [0.3, 0.4) is 0 Å². The number of pyridine rings is 1. The number of carbonyl (C=O) groups is 1. The first-order valence-electron chi connectivity index (χ1n) is 14.9. The van der Waals surface area contributed by atoms with Gasteiger partial charge in [-0.3, -0.25) is 15.1 Å². The molecule has 1 aromatic carbocycles. The van der Waals surface area contributed by atoms with E-state index in [0.717, 1.165) is 30.2 Å². The lowest BCUT2D eigenvalue weighted by Gasteiger charge is -2.15. The van der Waals surface area contributed by atoms with E-state index in [1.807, 2.05) is 13.8 Å². The molecule has 10 heteroatoms. The Morgan fingerprint density at radius 1 is 1.09 bits per heavy atom. The Kier molecular flexibility index (Phi) is 17.6. The van der Waals surface area contributed by atoms with Crippen LogP contribution in [0.2, 0.25) is 0 Å². The number of aromatic nitrogens is 3. The van der Waals surface area contributed by atoms with Gasteiger partial charge in [0.1, 0.15) is 16.6 Å². The van der Waals surface area contributed by atoms with E-state index in [9.17, 15) is 18.0 Å². The number of benzene rings is 1. The summed E-state index contributed by atoms with van der Waals surface area (Å²) >= 11 is 1.16. The molecular weight excluding hydrogens is 585 g/mol. The minimum atomic E-state index is -3.14. The molecule has 2 aromatic heterocycles. The van der Waals surface area contributed by atoms with Crippen LogP contribution in [-0.2, 0) is 0 Å². The molecule has 0 spiro atoms. The fourth-order valence-corrected chi connectivity index (χ4v) is 4.57. The van der Waals surface area contributed by atoms with Crippen LogP contribution < -0.4 is 10.1 Å². The molecular formula is C34H45F3N4O2S. The molecule has 0 radical (unpaired) electrons. The van der Waals surface area contributed by atoms with Crippen LogP contribution in [-0.4, -0.2) is 27.7 Å². The van der Waals surface area contributed by atoms with Gasteiger partial charge in [-0.1, -0.05) is 87.8 Å². The van der Waals surface area contributed by atoms with Gasteiger partial charge < -0.3 is 4.74 Å². The van der Waals surface area contributed by atoms with Crippen LogP contribution in [0.5, 0.6) is 5.75 Å². The largest absolute Gasteiger partial charge is 0.434 e. The van der Waals surface area contributed by atoms with Crippen molar-refractivity contribution in [2.75, 3.05) is 5.32 Å². The summed E-state index contributed by atoms with van der Waals surface area (Å²) in [5.74, 6) is -1.81. The summed E-state index contributed by atoms with van der Waals surface area (Å²) in [5, 5.41) is 11.0. The van der Waals surface area contributed by atoms with E-state index in [1.54, 1.807) is 13.8 Å². The quantitative estimate of drug-likeness (QED) is 0.213. The van der Waals surface area contributed by atoms with Gasteiger partial charge in [-0.2, -0.15) is 8.78 Å². The number of carbonyl (C=O) groups excluding carboxylic acids is 1. The van der Waals surface area contributed by atoms with Gasteiger partial charge in [0.15, 0.2) is 0 Å². The first kappa shape index (κ1) is 38.2. The summed E-state index contributed by atoms with van der Waals surface area (Å²) in [6.07, 6.45) is 12.7. The summed E-state index contributed by atoms with van der Waals surface area (Å²) < 4.78 is 44.4. The Balaban J connectivity index is 0.000000487. The van der Waals surface area contributed by atoms with Gasteiger partial charge in [-0.25, -0.2) is 4.39 Å². The van der Waals surface area contributed by atoms with Crippen LogP contribution >= 0.6 is 11.3 Å². The fourth-order valence-electron chi connectivity index (χ4n) is 3.98. The third-order valence-corrected chi connectivity index (χ3v) is 7.12. The molecule has 0 aliphatic rings. The molecule has 1 N–H and O–H groups in total. The van der Waals surface area contributed by atoms with Crippen molar-refractivity contribution in [2.24, 2.45) is 0 Å². The standard InChI is InChI=1S/C17H13F3N4O2S.C15H26.C2H6/c1-8-6-10(14-12(18)4-3-5-13(14)26-16(19)20)11(7-21-8)15(25)22-17-24-23-9(2)27-17;1-6-10-15(13(5)7-2)12-11-14(8-3)9-4;1-2/h3-7,16H,1-2H3,(H,22,24,25);8,11-12H,6-7,9-10H2,1-5H3;1-2H3/b;12-11-,14-8-,15-13-;. The molecule has 0 atom stereocenters. The predicted molar refractivity (Wildman–Crippen MR) is 176 cm³/mol. The predicted octanol–water partition coefficient (Wildman–Crippen LogP) is 10.7. The lowest BCUT2D eigenvalue weighted by Crippen LogP contribution is -2.14. The van der Waals surface area contributed by atoms with Crippen LogP contribution in [0.25, 0.3) is 11.1 Å². The van der Waals surface area contributed by atoms with Crippen molar-refractivity contribution >= 4 is 22.4 Å². The number of rotatable bonds is 11. The van der Waals surface area contributed by atoms with Gasteiger partial charge >= 0.3 is 6.61 Å². The Morgan fingerprint density at radius 2 is 1.80 bits per heavy atom. The number of nitrogens with zero attached hydrogens (tertiary/aromatic N) is 3. The second-order valence-corrected chi connectivity index (χ2v) is 10.6. The number of halogens is 3. The maximum Gasteiger partial charge on any atom is 0.387 e.